The Morgan fingerprint density at radius 3 is 0.831 bits per heavy atom. The average molecular weight is 917 g/mol. The van der Waals surface area contributed by atoms with Crippen LogP contribution in [0.5, 0.6) is 0 Å². The average Bonchev–Trinajstić information content (AvgIpc) is 3.84. The van der Waals surface area contributed by atoms with E-state index in [1.54, 1.807) is 0 Å². The molecule has 0 amide bonds. The molecule has 3 aliphatic rings. The molecule has 0 bridgehead atoms. The maximum atomic E-state index is 2.60. The van der Waals surface area contributed by atoms with Crippen molar-refractivity contribution in [3.8, 4) is 33.4 Å². The lowest BCUT2D eigenvalue weighted by Gasteiger charge is -2.31. The Morgan fingerprint density at radius 2 is 0.507 bits per heavy atom. The molecule has 0 saturated carbocycles. The van der Waals surface area contributed by atoms with Crippen LogP contribution in [-0.4, -0.2) is 0 Å². The van der Waals surface area contributed by atoms with E-state index in [0.717, 1.165) is 0 Å². The van der Waals surface area contributed by atoms with Crippen LogP contribution >= 0.6 is 0 Å². The summed E-state index contributed by atoms with van der Waals surface area (Å²) in [6.45, 7) is 23.7. The summed E-state index contributed by atoms with van der Waals surface area (Å²) in [4.78, 5) is 5.03. The highest BCUT2D eigenvalue weighted by atomic mass is 15.2. The molecule has 3 aliphatic carbocycles. The molecule has 0 saturated heterocycles. The molecule has 2 nitrogen and oxygen atoms in total. The number of aryl methyl sites for hydroxylation is 4. The van der Waals surface area contributed by atoms with Gasteiger partial charge in [0.15, 0.2) is 0 Å². The SMILES string of the molecule is Cc1ccccc1N(c1ccccc1C)c1cc2c(c3ccccc13)-c1cc3c(cc1C2(C)C)-c1cc2c(cc1C3(C)C)-c1c(cc(N(c3ccccc3C)c3ccccc3C)c3ccccc13)C2(C)C. The smallest absolute Gasteiger partial charge is 0.0543 e. The van der Waals surface area contributed by atoms with Gasteiger partial charge in [0.25, 0.3) is 0 Å². The van der Waals surface area contributed by atoms with Crippen LogP contribution in [0.25, 0.3) is 54.9 Å². The maximum absolute atomic E-state index is 2.60. The van der Waals surface area contributed by atoms with Crippen LogP contribution < -0.4 is 9.80 Å². The minimum Gasteiger partial charge on any atom is -0.309 e. The van der Waals surface area contributed by atoms with E-state index in [1.807, 2.05) is 0 Å². The van der Waals surface area contributed by atoms with Crippen molar-refractivity contribution in [2.75, 3.05) is 9.80 Å². The normalized spacial score (nSPS) is 15.0. The Balaban J connectivity index is 0.996. The molecule has 0 atom stereocenters. The fourth-order valence-electron chi connectivity index (χ4n) is 13.2. The molecular weight excluding hydrogens is 857 g/mol. The molecule has 0 aliphatic heterocycles. The number of nitrogens with zero attached hydrogens (tertiary/aromatic N) is 2. The topological polar surface area (TPSA) is 6.48 Å². The summed E-state index contributed by atoms with van der Waals surface area (Å²) < 4.78 is 0. The van der Waals surface area contributed by atoms with E-state index in [0.29, 0.717) is 0 Å². The van der Waals surface area contributed by atoms with E-state index in [2.05, 4.69) is 261 Å². The Labute approximate surface area is 419 Å². The van der Waals surface area contributed by atoms with Gasteiger partial charge < -0.3 is 9.80 Å². The number of fused-ring (bicyclic) bond motifs is 13. The summed E-state index contributed by atoms with van der Waals surface area (Å²) >= 11 is 0. The van der Waals surface area contributed by atoms with Gasteiger partial charge in [-0.2, -0.15) is 0 Å². The lowest BCUT2D eigenvalue weighted by atomic mass is 9.78. The van der Waals surface area contributed by atoms with Gasteiger partial charge in [-0.05, 0) is 188 Å². The van der Waals surface area contributed by atoms with Crippen molar-refractivity contribution >= 4 is 55.7 Å². The number of benzene rings is 10. The van der Waals surface area contributed by atoms with E-state index in [4.69, 9.17) is 0 Å². The second kappa shape index (κ2) is 15.2. The molecule has 0 unspecified atom stereocenters. The Bertz CT molecular complexity index is 3570. The van der Waals surface area contributed by atoms with Crippen molar-refractivity contribution in [1.29, 1.82) is 0 Å². The first-order valence-electron chi connectivity index (χ1n) is 25.5. The fraction of sp³-hybridized carbons (Fsp3) is 0.188. The van der Waals surface area contributed by atoms with E-state index in [-0.39, 0.29) is 16.2 Å². The molecule has 346 valence electrons. The largest absolute Gasteiger partial charge is 0.309 e. The first-order valence-corrected chi connectivity index (χ1v) is 25.5. The predicted molar refractivity (Wildman–Crippen MR) is 302 cm³/mol. The van der Waals surface area contributed by atoms with Gasteiger partial charge in [-0.15, -0.1) is 0 Å². The van der Waals surface area contributed by atoms with E-state index in [1.165, 1.54) is 145 Å². The van der Waals surface area contributed by atoms with Crippen LogP contribution in [0.4, 0.5) is 34.1 Å². The summed E-state index contributed by atoms with van der Waals surface area (Å²) in [5.41, 5.74) is 28.2. The molecule has 0 radical (unpaired) electrons. The van der Waals surface area contributed by atoms with Gasteiger partial charge in [-0.25, -0.2) is 0 Å². The summed E-state index contributed by atoms with van der Waals surface area (Å²) in [6.07, 6.45) is 0. The van der Waals surface area contributed by atoms with Crippen molar-refractivity contribution in [1.82, 2.24) is 0 Å². The Hall–Kier alpha value is -7.68. The second-order valence-corrected chi connectivity index (χ2v) is 22.3. The van der Waals surface area contributed by atoms with E-state index >= 15 is 0 Å². The molecule has 13 rings (SSSR count). The lowest BCUT2D eigenvalue weighted by molar-refractivity contribution is 0.649. The number of hydrogen-bond donors (Lipinski definition) is 0. The van der Waals surface area contributed by atoms with Gasteiger partial charge in [0.1, 0.15) is 0 Å². The zero-order valence-corrected chi connectivity index (χ0v) is 42.7. The molecule has 10 aromatic carbocycles. The third-order valence-electron chi connectivity index (χ3n) is 17.1. The van der Waals surface area contributed by atoms with Gasteiger partial charge >= 0.3 is 0 Å². The van der Waals surface area contributed by atoms with Crippen LogP contribution in [0.1, 0.15) is 97.2 Å². The third kappa shape index (κ3) is 6.01. The van der Waals surface area contributed by atoms with Crippen LogP contribution in [0, 0.1) is 27.7 Å². The van der Waals surface area contributed by atoms with Crippen molar-refractivity contribution in [3.05, 3.63) is 238 Å². The maximum Gasteiger partial charge on any atom is 0.0543 e. The monoisotopic (exact) mass is 916 g/mol. The summed E-state index contributed by atoms with van der Waals surface area (Å²) in [7, 11) is 0. The van der Waals surface area contributed by atoms with Crippen molar-refractivity contribution < 1.29 is 0 Å². The van der Waals surface area contributed by atoms with Crippen LogP contribution in [-0.2, 0) is 16.2 Å². The van der Waals surface area contributed by atoms with E-state index in [9.17, 15) is 0 Å². The molecule has 71 heavy (non-hydrogen) atoms. The van der Waals surface area contributed by atoms with Crippen LogP contribution in [0.3, 0.4) is 0 Å². The van der Waals surface area contributed by atoms with Crippen molar-refractivity contribution in [2.24, 2.45) is 0 Å². The Morgan fingerprint density at radius 1 is 0.254 bits per heavy atom. The van der Waals surface area contributed by atoms with Crippen LogP contribution in [0.2, 0.25) is 0 Å². The summed E-state index contributed by atoms with van der Waals surface area (Å²) in [6, 6.07) is 69.1. The Kier molecular flexibility index (Phi) is 9.26. The van der Waals surface area contributed by atoms with E-state index < -0.39 is 0 Å². The van der Waals surface area contributed by atoms with Crippen molar-refractivity contribution in [2.45, 2.75) is 85.5 Å². The molecule has 0 aromatic heterocycles. The first kappa shape index (κ1) is 43.3. The van der Waals surface area contributed by atoms with Gasteiger partial charge in [0, 0.05) is 49.8 Å². The highest BCUT2D eigenvalue weighted by Gasteiger charge is 2.46. The summed E-state index contributed by atoms with van der Waals surface area (Å²) in [5.74, 6) is 0. The molecule has 0 spiro atoms. The second-order valence-electron chi connectivity index (χ2n) is 22.3. The summed E-state index contributed by atoms with van der Waals surface area (Å²) in [5, 5.41) is 5.13. The lowest BCUT2D eigenvalue weighted by Crippen LogP contribution is -2.18. The quantitative estimate of drug-likeness (QED) is 0.164. The van der Waals surface area contributed by atoms with Gasteiger partial charge in [0.2, 0.25) is 0 Å². The first-order chi connectivity index (χ1) is 34.2. The number of rotatable bonds is 6. The number of hydrogen-bond acceptors (Lipinski definition) is 2. The zero-order valence-electron chi connectivity index (χ0n) is 42.7. The molecular formula is C69H60N2. The van der Waals surface area contributed by atoms with Crippen molar-refractivity contribution in [3.63, 3.8) is 0 Å². The molecule has 2 heteroatoms. The van der Waals surface area contributed by atoms with Crippen LogP contribution in [0.15, 0.2) is 182 Å². The van der Waals surface area contributed by atoms with Gasteiger partial charge in [-0.3, -0.25) is 0 Å². The minimum absolute atomic E-state index is 0.223. The molecule has 0 fully saturated rings. The standard InChI is InChI=1S/C69H60N2/c1-41-23-11-19-31-59(41)70(60-32-20-12-24-42(60)2)63-39-57-65(47-29-17-15-27-45(47)63)51-37-53-49(35-55(51)68(57,7)8)50-36-56-52(38-54(50)67(53,5)6)66-48-30-18-16-28-46(48)64(40-58(66)69(56,9)10)71(61-33-21-13-25-43(61)3)62-34-22-14-26-44(62)4/h11-40H,1-10H3. The minimum atomic E-state index is -0.254. The number of para-hydroxylation sites is 4. The zero-order chi connectivity index (χ0) is 48.9. The molecule has 0 N–H and O–H groups in total. The fourth-order valence-corrected chi connectivity index (χ4v) is 13.2. The van der Waals surface area contributed by atoms with Gasteiger partial charge in [0.05, 0.1) is 11.4 Å². The highest BCUT2D eigenvalue weighted by molar-refractivity contribution is 6.13. The predicted octanol–water partition coefficient (Wildman–Crippen LogP) is 19.1. The highest BCUT2D eigenvalue weighted by Crippen LogP contribution is 2.62. The molecule has 0 heterocycles. The van der Waals surface area contributed by atoms with Gasteiger partial charge in [-0.1, -0.05) is 163 Å². The number of anilines is 6. The molecule has 10 aromatic rings. The third-order valence-corrected chi connectivity index (χ3v) is 17.1.